The first-order valence-electron chi connectivity index (χ1n) is 7.60. The topological polar surface area (TPSA) is 48.1 Å². The molecule has 4 rings (SSSR count). The number of nitrogens with zero attached hydrogens (tertiary/aromatic N) is 1. The summed E-state index contributed by atoms with van der Waals surface area (Å²) in [6.07, 6.45) is 0.792. The van der Waals surface area contributed by atoms with Gasteiger partial charge in [0.25, 0.3) is 0 Å². The summed E-state index contributed by atoms with van der Waals surface area (Å²) in [6.45, 7) is 1.20. The van der Waals surface area contributed by atoms with E-state index in [0.717, 1.165) is 17.3 Å². The Morgan fingerprint density at radius 1 is 1.17 bits per heavy atom. The van der Waals surface area contributed by atoms with Crippen molar-refractivity contribution >= 4 is 22.6 Å². The molecule has 4 nitrogen and oxygen atoms in total. The molecule has 0 saturated carbocycles. The third-order valence-electron chi connectivity index (χ3n) is 4.25. The summed E-state index contributed by atoms with van der Waals surface area (Å²) >= 11 is 0. The predicted molar refractivity (Wildman–Crippen MR) is 87.8 cm³/mol. The van der Waals surface area contributed by atoms with E-state index < -0.39 is 0 Å². The Morgan fingerprint density at radius 2 is 2.04 bits per heavy atom. The number of carbonyl (C=O) groups excluding carboxylic acids is 1. The fourth-order valence-electron chi connectivity index (χ4n) is 3.11. The Kier molecular flexibility index (Phi) is 3.26. The first kappa shape index (κ1) is 13.8. The summed E-state index contributed by atoms with van der Waals surface area (Å²) < 4.78 is 13.2. The fraction of sp³-hybridized carbons (Fsp3) is 0.167. The molecule has 2 amide bonds. The number of anilines is 1. The maximum atomic E-state index is 13.2. The number of hydrogen-bond acceptors (Lipinski definition) is 1. The van der Waals surface area contributed by atoms with Crippen molar-refractivity contribution in [2.75, 3.05) is 11.9 Å². The molecular weight excluding hydrogens is 293 g/mol. The summed E-state index contributed by atoms with van der Waals surface area (Å²) in [5, 5.41) is 3.92. The van der Waals surface area contributed by atoms with Crippen molar-refractivity contribution in [3.05, 3.63) is 65.6 Å². The Bertz CT molecular complexity index is 887. The number of urea groups is 1. The summed E-state index contributed by atoms with van der Waals surface area (Å²) in [7, 11) is 0. The number of nitrogens with one attached hydrogen (secondary N) is 2. The molecule has 0 atom stereocenters. The molecule has 0 radical (unpaired) electrons. The van der Waals surface area contributed by atoms with Crippen LogP contribution in [0.15, 0.2) is 48.5 Å². The fourth-order valence-corrected chi connectivity index (χ4v) is 3.11. The van der Waals surface area contributed by atoms with Gasteiger partial charge in [-0.1, -0.05) is 24.3 Å². The number of halogens is 1. The van der Waals surface area contributed by atoms with Gasteiger partial charge in [0.1, 0.15) is 5.82 Å². The highest BCUT2D eigenvalue weighted by Crippen LogP contribution is 2.27. The largest absolute Gasteiger partial charge is 0.358 e. The van der Waals surface area contributed by atoms with Crippen molar-refractivity contribution in [3.63, 3.8) is 0 Å². The first-order valence-corrected chi connectivity index (χ1v) is 7.60. The van der Waals surface area contributed by atoms with Crippen molar-refractivity contribution in [1.82, 2.24) is 9.88 Å². The van der Waals surface area contributed by atoms with E-state index in [1.807, 2.05) is 18.2 Å². The number of rotatable bonds is 1. The summed E-state index contributed by atoms with van der Waals surface area (Å²) in [5.74, 6) is -0.361. The number of amides is 2. The van der Waals surface area contributed by atoms with Crippen LogP contribution in [0.3, 0.4) is 0 Å². The van der Waals surface area contributed by atoms with Crippen molar-refractivity contribution in [3.8, 4) is 0 Å². The Labute approximate surface area is 132 Å². The average molecular weight is 309 g/mol. The number of aromatic nitrogens is 1. The maximum absolute atomic E-state index is 13.2. The number of para-hydroxylation sites is 1. The van der Waals surface area contributed by atoms with Gasteiger partial charge in [0.15, 0.2) is 0 Å². The molecule has 5 heteroatoms. The van der Waals surface area contributed by atoms with Crippen LogP contribution < -0.4 is 5.32 Å². The average Bonchev–Trinajstić information content (AvgIpc) is 2.92. The van der Waals surface area contributed by atoms with Crippen molar-refractivity contribution in [1.29, 1.82) is 0 Å². The molecule has 0 unspecified atom stereocenters. The normalized spacial score (nSPS) is 13.9. The minimum Gasteiger partial charge on any atom is -0.358 e. The molecule has 2 heterocycles. The van der Waals surface area contributed by atoms with E-state index in [1.165, 1.54) is 23.4 Å². The second-order valence-corrected chi connectivity index (χ2v) is 5.74. The Hall–Kier alpha value is -2.82. The molecule has 0 saturated heterocycles. The van der Waals surface area contributed by atoms with E-state index in [2.05, 4.69) is 16.4 Å². The van der Waals surface area contributed by atoms with Gasteiger partial charge in [-0.2, -0.15) is 0 Å². The number of benzene rings is 2. The van der Waals surface area contributed by atoms with Crippen molar-refractivity contribution in [2.45, 2.75) is 13.0 Å². The molecule has 1 aliphatic heterocycles. The molecule has 1 aromatic heterocycles. The lowest BCUT2D eigenvalue weighted by Gasteiger charge is -2.27. The number of carbonyl (C=O) groups is 1. The van der Waals surface area contributed by atoms with E-state index in [0.29, 0.717) is 18.8 Å². The second kappa shape index (κ2) is 5.43. The standard InChI is InChI=1S/C18H16FN3O/c19-12-4-3-5-13(10-12)20-18(23)22-9-8-17-15(11-22)14-6-1-2-7-16(14)21-17/h1-7,10,21H,8-9,11H2,(H,20,23). The van der Waals surface area contributed by atoms with E-state index in [1.54, 1.807) is 17.0 Å². The smallest absolute Gasteiger partial charge is 0.322 e. The zero-order valence-corrected chi connectivity index (χ0v) is 12.5. The van der Waals surface area contributed by atoms with Crippen molar-refractivity contribution in [2.24, 2.45) is 0 Å². The van der Waals surface area contributed by atoms with E-state index in [-0.39, 0.29) is 11.8 Å². The van der Waals surface area contributed by atoms with Gasteiger partial charge in [-0.25, -0.2) is 9.18 Å². The third-order valence-corrected chi connectivity index (χ3v) is 4.25. The lowest BCUT2D eigenvalue weighted by Crippen LogP contribution is -2.38. The lowest BCUT2D eigenvalue weighted by molar-refractivity contribution is 0.206. The molecule has 2 aromatic carbocycles. The zero-order chi connectivity index (χ0) is 15.8. The molecular formula is C18H16FN3O. The van der Waals surface area contributed by atoms with Crippen LogP contribution in [0.2, 0.25) is 0 Å². The second-order valence-electron chi connectivity index (χ2n) is 5.74. The molecule has 116 valence electrons. The number of hydrogen-bond donors (Lipinski definition) is 2. The highest BCUT2D eigenvalue weighted by molar-refractivity contribution is 5.91. The summed E-state index contributed by atoms with van der Waals surface area (Å²) in [5.41, 5.74) is 3.94. The van der Waals surface area contributed by atoms with Gasteiger partial charge in [0.05, 0.1) is 0 Å². The number of fused-ring (bicyclic) bond motifs is 3. The predicted octanol–water partition coefficient (Wildman–Crippen LogP) is 3.90. The van der Waals surface area contributed by atoms with Crippen LogP contribution in [0.25, 0.3) is 10.9 Å². The third kappa shape index (κ3) is 2.54. The van der Waals surface area contributed by atoms with Crippen LogP contribution in [0, 0.1) is 5.82 Å². The first-order chi connectivity index (χ1) is 11.2. The van der Waals surface area contributed by atoms with Crippen LogP contribution in [-0.4, -0.2) is 22.5 Å². The zero-order valence-electron chi connectivity index (χ0n) is 12.5. The van der Waals surface area contributed by atoms with Gasteiger partial charge in [-0.05, 0) is 24.3 Å². The summed E-state index contributed by atoms with van der Waals surface area (Å²) in [4.78, 5) is 17.6. The molecule has 0 aliphatic carbocycles. The molecule has 0 spiro atoms. The molecule has 3 aromatic rings. The van der Waals surface area contributed by atoms with Gasteiger partial charge < -0.3 is 15.2 Å². The summed E-state index contributed by atoms with van der Waals surface area (Å²) in [6, 6.07) is 13.9. The number of aromatic amines is 1. The van der Waals surface area contributed by atoms with Crippen LogP contribution in [0.5, 0.6) is 0 Å². The van der Waals surface area contributed by atoms with Gasteiger partial charge in [-0.15, -0.1) is 0 Å². The van der Waals surface area contributed by atoms with Gasteiger partial charge in [0, 0.05) is 47.4 Å². The quantitative estimate of drug-likeness (QED) is 0.704. The molecule has 0 bridgehead atoms. The molecule has 23 heavy (non-hydrogen) atoms. The molecule has 0 fully saturated rings. The highest BCUT2D eigenvalue weighted by atomic mass is 19.1. The Morgan fingerprint density at radius 3 is 2.91 bits per heavy atom. The highest BCUT2D eigenvalue weighted by Gasteiger charge is 2.23. The van der Waals surface area contributed by atoms with E-state index in [9.17, 15) is 9.18 Å². The van der Waals surface area contributed by atoms with Gasteiger partial charge in [-0.3, -0.25) is 0 Å². The van der Waals surface area contributed by atoms with Crippen molar-refractivity contribution < 1.29 is 9.18 Å². The molecule has 2 N–H and O–H groups in total. The van der Waals surface area contributed by atoms with Gasteiger partial charge in [0.2, 0.25) is 0 Å². The molecule has 1 aliphatic rings. The van der Waals surface area contributed by atoms with E-state index in [4.69, 9.17) is 0 Å². The monoisotopic (exact) mass is 309 g/mol. The SMILES string of the molecule is O=C(Nc1cccc(F)c1)N1CCc2[nH]c3ccccc3c2C1. The Balaban J connectivity index is 1.56. The minimum absolute atomic E-state index is 0.202. The van der Waals surface area contributed by atoms with Gasteiger partial charge >= 0.3 is 6.03 Å². The lowest BCUT2D eigenvalue weighted by atomic mass is 10.0. The number of H-pyrrole nitrogens is 1. The van der Waals surface area contributed by atoms with Crippen LogP contribution >= 0.6 is 0 Å². The van der Waals surface area contributed by atoms with Crippen LogP contribution in [0.4, 0.5) is 14.9 Å². The maximum Gasteiger partial charge on any atom is 0.322 e. The minimum atomic E-state index is -0.361. The van der Waals surface area contributed by atoms with Crippen LogP contribution in [0.1, 0.15) is 11.3 Å². The van der Waals surface area contributed by atoms with Crippen LogP contribution in [-0.2, 0) is 13.0 Å². The van der Waals surface area contributed by atoms with E-state index >= 15 is 0 Å².